The van der Waals surface area contributed by atoms with Crippen molar-refractivity contribution in [3.63, 3.8) is 0 Å². The molecule has 2 aromatic carbocycles. The SMILES string of the molecule is CCC(OC(C)(C)C(=O)c1ccccc1)C(C)(C)OC(=O)c1ccccc1. The number of carbonyl (C=O) groups is 2. The highest BCUT2D eigenvalue weighted by Gasteiger charge is 2.40. The van der Waals surface area contributed by atoms with Crippen LogP contribution in [0, 0.1) is 0 Å². The second kappa shape index (κ2) is 8.49. The summed E-state index contributed by atoms with van der Waals surface area (Å²) in [5.41, 5.74) is -0.856. The lowest BCUT2D eigenvalue weighted by atomic mass is 9.93. The smallest absolute Gasteiger partial charge is 0.338 e. The molecule has 0 saturated heterocycles. The third-order valence-corrected chi connectivity index (χ3v) is 4.53. The molecule has 0 heterocycles. The minimum Gasteiger partial charge on any atom is -0.453 e. The zero-order valence-electron chi connectivity index (χ0n) is 16.7. The van der Waals surface area contributed by atoms with Crippen molar-refractivity contribution in [1.82, 2.24) is 0 Å². The Morgan fingerprint density at radius 1 is 0.852 bits per heavy atom. The number of hydrogen-bond donors (Lipinski definition) is 0. The summed E-state index contributed by atoms with van der Waals surface area (Å²) in [5, 5.41) is 0. The summed E-state index contributed by atoms with van der Waals surface area (Å²) in [6, 6.07) is 17.9. The lowest BCUT2D eigenvalue weighted by Gasteiger charge is -2.38. The number of rotatable bonds is 8. The molecule has 0 aliphatic heterocycles. The van der Waals surface area contributed by atoms with Crippen LogP contribution in [-0.4, -0.2) is 29.1 Å². The highest BCUT2D eigenvalue weighted by atomic mass is 16.6. The van der Waals surface area contributed by atoms with Gasteiger partial charge in [-0.05, 0) is 46.2 Å². The van der Waals surface area contributed by atoms with Gasteiger partial charge in [0.05, 0.1) is 11.7 Å². The Bertz CT molecular complexity index is 763. The number of esters is 1. The van der Waals surface area contributed by atoms with Crippen LogP contribution in [0.25, 0.3) is 0 Å². The maximum Gasteiger partial charge on any atom is 0.338 e. The highest BCUT2D eigenvalue weighted by molar-refractivity contribution is 6.01. The first-order valence-electron chi connectivity index (χ1n) is 9.23. The van der Waals surface area contributed by atoms with Crippen molar-refractivity contribution >= 4 is 11.8 Å². The van der Waals surface area contributed by atoms with Crippen LogP contribution in [0.15, 0.2) is 60.7 Å². The average molecular weight is 368 g/mol. The number of ether oxygens (including phenoxy) is 2. The Kier molecular flexibility index (Phi) is 6.55. The topological polar surface area (TPSA) is 52.6 Å². The molecule has 4 heteroatoms. The fraction of sp³-hybridized carbons (Fsp3) is 0.391. The summed E-state index contributed by atoms with van der Waals surface area (Å²) in [5.74, 6) is -0.512. The Morgan fingerprint density at radius 3 is 1.81 bits per heavy atom. The summed E-state index contributed by atoms with van der Waals surface area (Å²) in [6.07, 6.45) is 0.161. The molecule has 4 nitrogen and oxygen atoms in total. The van der Waals surface area contributed by atoms with E-state index in [0.717, 1.165) is 0 Å². The van der Waals surface area contributed by atoms with Crippen LogP contribution in [0.5, 0.6) is 0 Å². The minimum atomic E-state index is -1.04. The second-order valence-corrected chi connectivity index (χ2v) is 7.58. The largest absolute Gasteiger partial charge is 0.453 e. The summed E-state index contributed by atoms with van der Waals surface area (Å²) >= 11 is 0. The first kappa shape index (κ1) is 20.8. The van der Waals surface area contributed by atoms with Crippen molar-refractivity contribution in [3.8, 4) is 0 Å². The minimum absolute atomic E-state index is 0.105. The second-order valence-electron chi connectivity index (χ2n) is 7.58. The molecule has 0 aliphatic rings. The molecule has 0 fully saturated rings. The number of hydrogen-bond acceptors (Lipinski definition) is 4. The molecule has 2 rings (SSSR count). The van der Waals surface area contributed by atoms with Crippen LogP contribution >= 0.6 is 0 Å². The lowest BCUT2D eigenvalue weighted by molar-refractivity contribution is -0.139. The van der Waals surface area contributed by atoms with Crippen molar-refractivity contribution in [1.29, 1.82) is 0 Å². The molecule has 0 amide bonds. The van der Waals surface area contributed by atoms with Crippen molar-refractivity contribution in [3.05, 3.63) is 71.8 Å². The first-order valence-corrected chi connectivity index (χ1v) is 9.23. The maximum atomic E-state index is 12.9. The number of ketones is 1. The van der Waals surface area contributed by atoms with E-state index in [1.165, 1.54) is 0 Å². The van der Waals surface area contributed by atoms with Gasteiger partial charge in [-0.25, -0.2) is 4.79 Å². The molecule has 0 N–H and O–H groups in total. The van der Waals surface area contributed by atoms with Crippen LogP contribution in [0.3, 0.4) is 0 Å². The van der Waals surface area contributed by atoms with E-state index in [-0.39, 0.29) is 5.78 Å². The third kappa shape index (κ3) is 5.27. The van der Waals surface area contributed by atoms with Gasteiger partial charge in [0.15, 0.2) is 5.78 Å². The Morgan fingerprint density at radius 2 is 1.33 bits per heavy atom. The van der Waals surface area contributed by atoms with Crippen LogP contribution in [0.2, 0.25) is 0 Å². The number of benzene rings is 2. The molecule has 0 aliphatic carbocycles. The Hall–Kier alpha value is -2.46. The van der Waals surface area contributed by atoms with Gasteiger partial charge in [-0.2, -0.15) is 0 Å². The molecule has 0 saturated carbocycles. The predicted octanol–water partition coefficient (Wildman–Crippen LogP) is 5.08. The maximum absolute atomic E-state index is 12.9. The zero-order valence-corrected chi connectivity index (χ0v) is 16.7. The predicted molar refractivity (Wildman–Crippen MR) is 106 cm³/mol. The van der Waals surface area contributed by atoms with Crippen LogP contribution in [-0.2, 0) is 9.47 Å². The summed E-state index contributed by atoms with van der Waals surface area (Å²) in [6.45, 7) is 9.07. The monoisotopic (exact) mass is 368 g/mol. The lowest BCUT2D eigenvalue weighted by Crippen LogP contribution is -2.49. The van der Waals surface area contributed by atoms with Crippen molar-refractivity contribution in [2.24, 2.45) is 0 Å². The van der Waals surface area contributed by atoms with Gasteiger partial charge in [-0.3, -0.25) is 4.79 Å². The van der Waals surface area contributed by atoms with E-state index in [1.807, 2.05) is 45.0 Å². The van der Waals surface area contributed by atoms with Gasteiger partial charge in [0, 0.05) is 5.56 Å². The molecule has 0 aromatic heterocycles. The van der Waals surface area contributed by atoms with E-state index >= 15 is 0 Å². The molecule has 0 bridgehead atoms. The van der Waals surface area contributed by atoms with Crippen LogP contribution < -0.4 is 0 Å². The van der Waals surface area contributed by atoms with E-state index in [1.54, 1.807) is 50.2 Å². The molecule has 2 aromatic rings. The van der Waals surface area contributed by atoms with Gasteiger partial charge in [0.25, 0.3) is 0 Å². The molecule has 144 valence electrons. The van der Waals surface area contributed by atoms with E-state index in [9.17, 15) is 9.59 Å². The molecular weight excluding hydrogens is 340 g/mol. The summed E-state index contributed by atoms with van der Waals surface area (Å²) < 4.78 is 11.9. The molecule has 0 radical (unpaired) electrons. The molecule has 1 unspecified atom stereocenters. The first-order chi connectivity index (χ1) is 12.7. The highest BCUT2D eigenvalue weighted by Crippen LogP contribution is 2.28. The molecular formula is C23H28O4. The third-order valence-electron chi connectivity index (χ3n) is 4.53. The molecule has 0 spiro atoms. The summed E-state index contributed by atoms with van der Waals surface area (Å²) in [7, 11) is 0. The Balaban J connectivity index is 2.14. The zero-order chi connectivity index (χ0) is 20.1. The van der Waals surface area contributed by atoms with Gasteiger partial charge in [-0.1, -0.05) is 55.5 Å². The van der Waals surface area contributed by atoms with E-state index < -0.39 is 23.3 Å². The van der Waals surface area contributed by atoms with Crippen molar-refractivity contribution in [2.75, 3.05) is 0 Å². The van der Waals surface area contributed by atoms with E-state index in [2.05, 4.69) is 0 Å². The number of carbonyl (C=O) groups excluding carboxylic acids is 2. The Labute approximate surface area is 161 Å². The average Bonchev–Trinajstić information content (AvgIpc) is 2.66. The normalized spacial score (nSPS) is 13.1. The van der Waals surface area contributed by atoms with Crippen LogP contribution in [0.1, 0.15) is 61.8 Å². The van der Waals surface area contributed by atoms with Gasteiger partial charge in [0.2, 0.25) is 0 Å². The van der Waals surface area contributed by atoms with Gasteiger partial charge < -0.3 is 9.47 Å². The van der Waals surface area contributed by atoms with E-state index in [0.29, 0.717) is 17.5 Å². The van der Waals surface area contributed by atoms with Gasteiger partial charge >= 0.3 is 5.97 Å². The molecule has 27 heavy (non-hydrogen) atoms. The standard InChI is InChI=1S/C23H28O4/c1-6-19(22(2,3)27-21(25)18-15-11-8-12-16-18)26-23(4,5)20(24)17-13-9-7-10-14-17/h7-16,19H,6H2,1-5H3. The van der Waals surface area contributed by atoms with E-state index in [4.69, 9.17) is 9.47 Å². The number of Topliss-reactive ketones (excluding diaryl/α,β-unsaturated/α-hetero) is 1. The molecule has 1 atom stereocenters. The van der Waals surface area contributed by atoms with Gasteiger partial charge in [-0.15, -0.1) is 0 Å². The van der Waals surface area contributed by atoms with Crippen molar-refractivity contribution in [2.45, 2.75) is 58.3 Å². The summed E-state index contributed by atoms with van der Waals surface area (Å²) in [4.78, 5) is 25.3. The fourth-order valence-electron chi connectivity index (χ4n) is 3.00. The fourth-order valence-corrected chi connectivity index (χ4v) is 3.00. The van der Waals surface area contributed by atoms with Crippen LogP contribution in [0.4, 0.5) is 0 Å². The van der Waals surface area contributed by atoms with Gasteiger partial charge in [0.1, 0.15) is 11.2 Å². The van der Waals surface area contributed by atoms with Crippen molar-refractivity contribution < 1.29 is 19.1 Å². The quantitative estimate of drug-likeness (QED) is 0.482.